The molecule has 2 unspecified atom stereocenters. The van der Waals surface area contributed by atoms with Crippen LogP contribution in [0.1, 0.15) is 11.5 Å². The van der Waals surface area contributed by atoms with Gasteiger partial charge in [0.25, 0.3) is 17.7 Å². The van der Waals surface area contributed by atoms with Gasteiger partial charge in [-0.15, -0.1) is 23.1 Å². The predicted octanol–water partition coefficient (Wildman–Crippen LogP) is 0.737. The van der Waals surface area contributed by atoms with Gasteiger partial charge in [0.1, 0.15) is 42.3 Å². The summed E-state index contributed by atoms with van der Waals surface area (Å²) < 4.78 is 52.5. The molecule has 4 rings (SSSR count). The van der Waals surface area contributed by atoms with Crippen molar-refractivity contribution in [2.24, 2.45) is 5.16 Å². The molecule has 4 heterocycles. The van der Waals surface area contributed by atoms with Crippen LogP contribution in [0.25, 0.3) is 0 Å². The zero-order valence-electron chi connectivity index (χ0n) is 19.8. The number of carbonyl (C=O) groups is 4. The second kappa shape index (κ2) is 10.9. The molecule has 2 aromatic heterocycles. The minimum atomic E-state index is -5.46. The van der Waals surface area contributed by atoms with Gasteiger partial charge in [-0.2, -0.15) is 13.2 Å². The number of nitrogens with zero attached hydrogens (tertiary/aromatic N) is 4. The summed E-state index contributed by atoms with van der Waals surface area (Å²) in [6.45, 7) is 1.19. The van der Waals surface area contributed by atoms with E-state index in [1.54, 1.807) is 6.92 Å². The number of amides is 2. The molecule has 2 aliphatic rings. The third-order valence-corrected chi connectivity index (χ3v) is 7.12. The molecule has 0 spiro atoms. The maximum atomic E-state index is 13.0. The maximum Gasteiger partial charge on any atom is 0.491 e. The number of esters is 2. The lowest BCUT2D eigenvalue weighted by Gasteiger charge is -2.49. The van der Waals surface area contributed by atoms with Gasteiger partial charge in [0.15, 0.2) is 10.8 Å². The van der Waals surface area contributed by atoms with Crippen LogP contribution >= 0.6 is 23.1 Å². The van der Waals surface area contributed by atoms with Gasteiger partial charge in [0.05, 0.1) is 0 Å². The van der Waals surface area contributed by atoms with Crippen molar-refractivity contribution < 1.29 is 51.2 Å². The molecule has 1 saturated heterocycles. The van der Waals surface area contributed by atoms with E-state index in [4.69, 9.17) is 15.0 Å². The van der Waals surface area contributed by atoms with Crippen molar-refractivity contribution in [2.45, 2.75) is 24.5 Å². The second-order valence-electron chi connectivity index (χ2n) is 7.75. The Morgan fingerprint density at radius 3 is 2.69 bits per heavy atom. The summed E-state index contributed by atoms with van der Waals surface area (Å²) in [4.78, 5) is 59.4. The first-order chi connectivity index (χ1) is 18.4. The smallest absolute Gasteiger partial charge is 0.471 e. The van der Waals surface area contributed by atoms with Crippen LogP contribution in [0.4, 0.5) is 18.3 Å². The molecule has 0 bridgehead atoms. The molecule has 0 aliphatic carbocycles. The van der Waals surface area contributed by atoms with Crippen molar-refractivity contribution in [2.75, 3.05) is 25.2 Å². The number of aryl methyl sites for hydroxylation is 1. The zero-order valence-corrected chi connectivity index (χ0v) is 21.4. The second-order valence-corrected chi connectivity index (χ2v) is 9.74. The van der Waals surface area contributed by atoms with Crippen molar-refractivity contribution in [3.05, 3.63) is 34.2 Å². The van der Waals surface area contributed by atoms with E-state index >= 15 is 0 Å². The molecule has 39 heavy (non-hydrogen) atoms. The minimum Gasteiger partial charge on any atom is -0.471 e. The van der Waals surface area contributed by atoms with Gasteiger partial charge in [-0.1, -0.05) is 5.16 Å². The number of alkyl halides is 3. The van der Waals surface area contributed by atoms with E-state index in [9.17, 15) is 32.3 Å². The fourth-order valence-electron chi connectivity index (χ4n) is 3.45. The van der Waals surface area contributed by atoms with E-state index in [0.717, 1.165) is 28.0 Å². The van der Waals surface area contributed by atoms with Crippen molar-refractivity contribution in [3.63, 3.8) is 0 Å². The molecule has 2 aliphatic heterocycles. The average molecular weight is 591 g/mol. The molecule has 208 valence electrons. The number of hydrogen-bond donors (Lipinski definition) is 2. The molecular weight excluding hydrogens is 573 g/mol. The number of β-lactam (4-membered cyclic amide) rings is 1. The van der Waals surface area contributed by atoms with Gasteiger partial charge >= 0.3 is 18.1 Å². The van der Waals surface area contributed by atoms with Gasteiger partial charge in [0, 0.05) is 22.8 Å². The van der Waals surface area contributed by atoms with Gasteiger partial charge in [0.2, 0.25) is 0 Å². The molecule has 1 fully saturated rings. The lowest BCUT2D eigenvalue weighted by Crippen LogP contribution is -2.71. The number of thioether (sulfide) groups is 1. The van der Waals surface area contributed by atoms with Crippen LogP contribution < -0.4 is 15.8 Å². The minimum absolute atomic E-state index is 0.0129. The van der Waals surface area contributed by atoms with Crippen molar-refractivity contribution in [1.82, 2.24) is 20.4 Å². The number of thiazole rings is 1. The molecule has 2 aromatic rings. The van der Waals surface area contributed by atoms with E-state index in [1.165, 1.54) is 18.6 Å². The quantitative estimate of drug-likeness (QED) is 0.144. The molecular formula is C20H17F3N6O8S2. The van der Waals surface area contributed by atoms with Crippen molar-refractivity contribution in [1.29, 1.82) is 0 Å². The average Bonchev–Trinajstić information content (AvgIpc) is 3.50. The van der Waals surface area contributed by atoms with E-state index in [1.807, 2.05) is 0 Å². The number of carbonyl (C=O) groups excluding carboxylic acids is 4. The van der Waals surface area contributed by atoms with E-state index < -0.39 is 53.6 Å². The van der Waals surface area contributed by atoms with Gasteiger partial charge in [-0.25, -0.2) is 14.6 Å². The molecule has 0 radical (unpaired) electrons. The van der Waals surface area contributed by atoms with E-state index in [2.05, 4.69) is 30.2 Å². The third-order valence-electron chi connectivity index (χ3n) is 5.11. The number of ether oxygens (including phenoxy) is 2. The van der Waals surface area contributed by atoms with Crippen LogP contribution in [0, 0.1) is 6.92 Å². The largest absolute Gasteiger partial charge is 0.491 e. The zero-order chi connectivity index (χ0) is 28.5. The summed E-state index contributed by atoms with van der Waals surface area (Å²) in [7, 11) is 1.19. The van der Waals surface area contributed by atoms with Crippen molar-refractivity contribution in [3.8, 4) is 5.88 Å². The number of nitrogen functional groups attached to an aromatic ring is 1. The van der Waals surface area contributed by atoms with E-state index in [0.29, 0.717) is 5.76 Å². The number of nitrogens with two attached hydrogens (primary N) is 1. The van der Waals surface area contributed by atoms with Gasteiger partial charge < -0.3 is 29.9 Å². The molecule has 0 saturated carbocycles. The number of anilines is 1. The maximum absolute atomic E-state index is 13.0. The molecule has 2 atom stereocenters. The Bertz CT molecular complexity index is 1390. The van der Waals surface area contributed by atoms with Crippen LogP contribution in [0.15, 0.2) is 32.4 Å². The highest BCUT2D eigenvalue weighted by Crippen LogP contribution is 2.41. The monoisotopic (exact) mass is 590 g/mol. The van der Waals surface area contributed by atoms with E-state index in [-0.39, 0.29) is 33.7 Å². The summed E-state index contributed by atoms with van der Waals surface area (Å²) in [5, 5.41) is 10.3. The molecule has 14 nitrogen and oxygen atoms in total. The molecule has 19 heteroatoms. The Morgan fingerprint density at radius 2 is 2.10 bits per heavy atom. The summed E-state index contributed by atoms with van der Waals surface area (Å²) >= 11 is 2.11. The predicted molar refractivity (Wildman–Crippen MR) is 126 cm³/mol. The first-order valence-corrected chi connectivity index (χ1v) is 12.5. The third kappa shape index (κ3) is 5.82. The summed E-state index contributed by atoms with van der Waals surface area (Å²) in [6, 6.07) is 0.197. The Hall–Kier alpha value is -4.13. The lowest BCUT2D eigenvalue weighted by atomic mass is 10.0. The number of nitrogens with one attached hydrogen (secondary N) is 1. The summed E-state index contributed by atoms with van der Waals surface area (Å²) in [5.41, 5.74) is 4.80. The first kappa shape index (κ1) is 27.9. The Balaban J connectivity index is 1.56. The first-order valence-electron chi connectivity index (χ1n) is 10.6. The van der Waals surface area contributed by atoms with Crippen LogP contribution in [0.3, 0.4) is 0 Å². The SMILES string of the molecule is CO/N=C(\C(=O)NC1C(=O)N2C(C(=O)OC(=O)C(F)(F)F)=C(COc3cc(C)on3)CSC12)c1csc(N)n1. The number of rotatable bonds is 8. The van der Waals surface area contributed by atoms with Crippen LogP contribution in [0.5, 0.6) is 5.88 Å². The Labute approximate surface area is 224 Å². The lowest BCUT2D eigenvalue weighted by molar-refractivity contribution is -0.201. The normalized spacial score (nSPS) is 19.3. The molecule has 3 N–H and O–H groups in total. The fraction of sp³-hybridized carbons (Fsp3) is 0.350. The highest BCUT2D eigenvalue weighted by molar-refractivity contribution is 8.00. The fourth-order valence-corrected chi connectivity index (χ4v) is 5.32. The number of hydrogen-bond acceptors (Lipinski definition) is 14. The van der Waals surface area contributed by atoms with Gasteiger partial charge in [-0.3, -0.25) is 14.5 Å². The van der Waals surface area contributed by atoms with Crippen LogP contribution in [-0.4, -0.2) is 81.6 Å². The standard InChI is InChI=1S/C20H17F3N6O8S2/c1-7-3-10(27-37-7)35-4-8-5-38-16-12(26-14(30)11(28-34-2)9-6-39-19(24)25-9)15(31)29(16)13(8)17(32)36-18(33)20(21,22)23/h3,6,12,16H,4-5H2,1-2H3,(H2,24,25)(H,26,30)/b28-11-. The number of oxime groups is 1. The number of fused-ring (bicyclic) bond motifs is 1. The van der Waals surface area contributed by atoms with Gasteiger partial charge in [-0.05, 0) is 12.1 Å². The van der Waals surface area contributed by atoms with Crippen LogP contribution in [0.2, 0.25) is 0 Å². The summed E-state index contributed by atoms with van der Waals surface area (Å²) in [6.07, 6.45) is -5.46. The summed E-state index contributed by atoms with van der Waals surface area (Å²) in [5.74, 6) is -5.82. The highest BCUT2D eigenvalue weighted by Gasteiger charge is 2.55. The molecule has 0 aromatic carbocycles. The Kier molecular flexibility index (Phi) is 7.82. The van der Waals surface area contributed by atoms with Crippen LogP contribution in [-0.2, 0) is 28.8 Å². The molecule has 2 amide bonds. The number of halogens is 3. The highest BCUT2D eigenvalue weighted by atomic mass is 32.2. The van der Waals surface area contributed by atoms with Crippen molar-refractivity contribution >= 4 is 57.7 Å². The Morgan fingerprint density at radius 1 is 1.36 bits per heavy atom. The number of aromatic nitrogens is 2. The topological polar surface area (TPSA) is 189 Å².